The number of likely N-dealkylation sites (N-methyl/N-ethyl adjacent to an activating group) is 1. The quantitative estimate of drug-likeness (QED) is 0.305. The monoisotopic (exact) mass is 716 g/mol. The van der Waals surface area contributed by atoms with Crippen molar-refractivity contribution in [3.63, 3.8) is 0 Å². The SMILES string of the molecule is CCN1CCCN(CCOc2cc3c(N4CCN(C(=O)C5CC(=O)CN5C(=O)OC(C)(C)C)CC4)nnc(Cc4ccncc4)c3cc2OC)CC1. The number of hydrogen-bond donors (Lipinski definition) is 0. The molecule has 0 aliphatic carbocycles. The summed E-state index contributed by atoms with van der Waals surface area (Å²) in [6, 6.07) is 7.07. The van der Waals surface area contributed by atoms with E-state index >= 15 is 0 Å². The largest absolute Gasteiger partial charge is 0.493 e. The smallest absolute Gasteiger partial charge is 0.411 e. The first-order valence-corrected chi connectivity index (χ1v) is 18.4. The van der Waals surface area contributed by atoms with Crippen LogP contribution in [-0.4, -0.2) is 150 Å². The number of carbonyl (C=O) groups is 3. The molecule has 5 heterocycles. The molecule has 3 aliphatic rings. The lowest BCUT2D eigenvalue weighted by Gasteiger charge is -2.38. The van der Waals surface area contributed by atoms with Crippen molar-refractivity contribution >= 4 is 34.4 Å². The number of ketones is 1. The molecule has 6 rings (SSSR count). The van der Waals surface area contributed by atoms with Gasteiger partial charge in [0.25, 0.3) is 0 Å². The standard InChI is InChI=1S/C38H52N8O6/c1-6-42-12-7-13-43(15-14-42)20-21-51-34-25-30-29(24-33(34)50-5)31(22-27-8-10-39-11-9-27)40-41-35(30)44-16-18-45(19-17-44)36(48)32-23-28(47)26-46(32)37(49)52-38(2,3)4/h8-11,24-25,32H,6-7,12-23,26H2,1-5H3. The predicted octanol–water partition coefficient (Wildman–Crippen LogP) is 3.26. The fourth-order valence-electron chi connectivity index (χ4n) is 7.15. The molecular formula is C38H52N8O6. The van der Waals surface area contributed by atoms with Gasteiger partial charge in [0.05, 0.1) is 19.3 Å². The van der Waals surface area contributed by atoms with Crippen LogP contribution in [0.3, 0.4) is 0 Å². The number of nitrogens with zero attached hydrogens (tertiary/aromatic N) is 8. The Hall–Kier alpha value is -4.56. The number of carbonyl (C=O) groups excluding carboxylic acids is 3. The summed E-state index contributed by atoms with van der Waals surface area (Å²) in [5.74, 6) is 1.58. The molecule has 0 saturated carbocycles. The summed E-state index contributed by atoms with van der Waals surface area (Å²) < 4.78 is 17.8. The number of pyridine rings is 1. The van der Waals surface area contributed by atoms with Gasteiger partial charge in [0, 0.05) is 81.8 Å². The van der Waals surface area contributed by atoms with Crippen molar-refractivity contribution in [2.45, 2.75) is 58.6 Å². The highest BCUT2D eigenvalue weighted by Gasteiger charge is 2.43. The van der Waals surface area contributed by atoms with E-state index < -0.39 is 17.7 Å². The zero-order valence-electron chi connectivity index (χ0n) is 31.2. The molecule has 3 aliphatic heterocycles. The third kappa shape index (κ3) is 8.90. The molecule has 2 aromatic heterocycles. The molecule has 1 aromatic carbocycles. The molecule has 52 heavy (non-hydrogen) atoms. The van der Waals surface area contributed by atoms with Gasteiger partial charge in [-0.1, -0.05) is 6.92 Å². The van der Waals surface area contributed by atoms with Gasteiger partial charge in [0.2, 0.25) is 5.91 Å². The van der Waals surface area contributed by atoms with Crippen molar-refractivity contribution in [3.05, 3.63) is 47.9 Å². The number of hydrogen-bond acceptors (Lipinski definition) is 12. The Morgan fingerprint density at radius 2 is 1.62 bits per heavy atom. The van der Waals surface area contributed by atoms with E-state index in [1.54, 1.807) is 45.2 Å². The second-order valence-electron chi connectivity index (χ2n) is 14.7. The van der Waals surface area contributed by atoms with Gasteiger partial charge < -0.3 is 28.9 Å². The van der Waals surface area contributed by atoms with Gasteiger partial charge in [-0.05, 0) is 76.7 Å². The van der Waals surface area contributed by atoms with Crippen molar-refractivity contribution in [1.29, 1.82) is 0 Å². The summed E-state index contributed by atoms with van der Waals surface area (Å²) in [5.41, 5.74) is 1.13. The summed E-state index contributed by atoms with van der Waals surface area (Å²) in [5, 5.41) is 11.3. The molecule has 14 heteroatoms. The van der Waals surface area contributed by atoms with E-state index in [1.165, 1.54) is 4.90 Å². The molecule has 280 valence electrons. The number of likely N-dealkylation sites (tertiary alicyclic amines) is 1. The molecule has 1 unspecified atom stereocenters. The number of benzene rings is 1. The van der Waals surface area contributed by atoms with Gasteiger partial charge >= 0.3 is 6.09 Å². The highest BCUT2D eigenvalue weighted by Crippen LogP contribution is 2.38. The van der Waals surface area contributed by atoms with Crippen LogP contribution in [0, 0.1) is 0 Å². The highest BCUT2D eigenvalue weighted by atomic mass is 16.6. The average Bonchev–Trinajstić information content (AvgIpc) is 3.38. The lowest BCUT2D eigenvalue weighted by Crippen LogP contribution is -2.55. The Balaban J connectivity index is 1.21. The molecule has 0 bridgehead atoms. The molecule has 14 nitrogen and oxygen atoms in total. The van der Waals surface area contributed by atoms with Crippen LogP contribution in [-0.2, 0) is 20.7 Å². The van der Waals surface area contributed by atoms with E-state index in [1.807, 2.05) is 24.3 Å². The Labute approximate surface area is 306 Å². The van der Waals surface area contributed by atoms with Crippen molar-refractivity contribution in [2.75, 3.05) is 90.6 Å². The summed E-state index contributed by atoms with van der Waals surface area (Å²) in [6.07, 6.45) is 4.60. The maximum absolute atomic E-state index is 13.7. The number of ether oxygens (including phenoxy) is 3. The number of fused-ring (bicyclic) bond motifs is 1. The van der Waals surface area contributed by atoms with Crippen LogP contribution in [0.1, 0.15) is 51.8 Å². The summed E-state index contributed by atoms with van der Waals surface area (Å²) in [7, 11) is 1.65. The number of aromatic nitrogens is 3. The first-order valence-electron chi connectivity index (χ1n) is 18.4. The van der Waals surface area contributed by atoms with Crippen LogP contribution in [0.2, 0.25) is 0 Å². The first-order chi connectivity index (χ1) is 25.0. The number of amides is 2. The third-order valence-electron chi connectivity index (χ3n) is 9.98. The normalized spacial score (nSPS) is 19.2. The Kier molecular flexibility index (Phi) is 11.7. The van der Waals surface area contributed by atoms with E-state index in [-0.39, 0.29) is 24.7 Å². The van der Waals surface area contributed by atoms with Crippen molar-refractivity contribution in [1.82, 2.24) is 34.8 Å². The molecule has 0 N–H and O–H groups in total. The molecule has 2 amide bonds. The Morgan fingerprint density at radius 3 is 2.33 bits per heavy atom. The number of anilines is 1. The van der Waals surface area contributed by atoms with E-state index in [9.17, 15) is 14.4 Å². The van der Waals surface area contributed by atoms with E-state index in [0.717, 1.165) is 67.7 Å². The average molecular weight is 717 g/mol. The molecule has 3 fully saturated rings. The Bertz CT molecular complexity index is 1730. The van der Waals surface area contributed by atoms with Gasteiger partial charge in [0.15, 0.2) is 23.1 Å². The van der Waals surface area contributed by atoms with E-state index in [2.05, 4.69) is 26.6 Å². The first kappa shape index (κ1) is 37.2. The summed E-state index contributed by atoms with van der Waals surface area (Å²) in [4.78, 5) is 53.3. The zero-order chi connectivity index (χ0) is 36.8. The van der Waals surface area contributed by atoms with Crippen molar-refractivity contribution in [2.24, 2.45) is 0 Å². The maximum Gasteiger partial charge on any atom is 0.411 e. The predicted molar refractivity (Wildman–Crippen MR) is 197 cm³/mol. The Morgan fingerprint density at radius 1 is 0.904 bits per heavy atom. The van der Waals surface area contributed by atoms with Gasteiger partial charge in [-0.15, -0.1) is 5.10 Å². The fourth-order valence-corrected chi connectivity index (χ4v) is 7.15. The number of piperazine rings is 1. The van der Waals surface area contributed by atoms with Crippen LogP contribution < -0.4 is 14.4 Å². The second-order valence-corrected chi connectivity index (χ2v) is 14.7. The van der Waals surface area contributed by atoms with Crippen LogP contribution in [0.25, 0.3) is 10.8 Å². The summed E-state index contributed by atoms with van der Waals surface area (Å²) >= 11 is 0. The van der Waals surface area contributed by atoms with Gasteiger partial charge in [-0.2, -0.15) is 5.10 Å². The molecular weight excluding hydrogens is 664 g/mol. The van der Waals surface area contributed by atoms with Crippen LogP contribution >= 0.6 is 0 Å². The topological polar surface area (TPSA) is 134 Å². The van der Waals surface area contributed by atoms with Crippen LogP contribution in [0.4, 0.5) is 10.6 Å². The third-order valence-corrected chi connectivity index (χ3v) is 9.98. The zero-order valence-corrected chi connectivity index (χ0v) is 31.2. The minimum Gasteiger partial charge on any atom is -0.493 e. The van der Waals surface area contributed by atoms with Crippen molar-refractivity contribution < 1.29 is 28.6 Å². The lowest BCUT2D eigenvalue weighted by molar-refractivity contribution is -0.136. The van der Waals surface area contributed by atoms with Crippen molar-refractivity contribution in [3.8, 4) is 11.5 Å². The molecule has 3 saturated heterocycles. The minimum atomic E-state index is -0.867. The van der Waals surface area contributed by atoms with Crippen LogP contribution in [0.5, 0.6) is 11.5 Å². The number of methoxy groups -OCH3 is 1. The fraction of sp³-hybridized carbons (Fsp3) is 0.579. The minimum absolute atomic E-state index is 0.00705. The van der Waals surface area contributed by atoms with E-state index in [4.69, 9.17) is 24.4 Å². The number of rotatable bonds is 10. The van der Waals surface area contributed by atoms with Gasteiger partial charge in [-0.3, -0.25) is 24.4 Å². The summed E-state index contributed by atoms with van der Waals surface area (Å²) in [6.45, 7) is 15.9. The van der Waals surface area contributed by atoms with Gasteiger partial charge in [-0.25, -0.2) is 4.79 Å². The van der Waals surface area contributed by atoms with Crippen LogP contribution in [0.15, 0.2) is 36.7 Å². The van der Waals surface area contributed by atoms with E-state index in [0.29, 0.717) is 56.5 Å². The molecule has 0 radical (unpaired) electrons. The maximum atomic E-state index is 13.7. The molecule has 1 atom stereocenters. The molecule has 3 aromatic rings. The highest BCUT2D eigenvalue weighted by molar-refractivity contribution is 5.98. The van der Waals surface area contributed by atoms with Gasteiger partial charge in [0.1, 0.15) is 18.2 Å². The lowest BCUT2D eigenvalue weighted by atomic mass is 10.0. The number of Topliss-reactive ketones (excluding diaryl/α,β-unsaturated/α-hetero) is 1. The molecule has 0 spiro atoms. The second kappa shape index (κ2) is 16.4.